The molecule has 0 aliphatic carbocycles. The van der Waals surface area contributed by atoms with Crippen molar-refractivity contribution in [3.63, 3.8) is 0 Å². The Labute approximate surface area is 161 Å². The van der Waals surface area contributed by atoms with Gasteiger partial charge in [-0.15, -0.1) is 0 Å². The summed E-state index contributed by atoms with van der Waals surface area (Å²) < 4.78 is 13.1. The number of hydrogen-bond donors (Lipinski definition) is 1. The van der Waals surface area contributed by atoms with E-state index in [4.69, 9.17) is 0 Å². The highest BCUT2D eigenvalue weighted by atomic mass is 19.1. The second-order valence-electron chi connectivity index (χ2n) is 6.59. The summed E-state index contributed by atoms with van der Waals surface area (Å²) in [4.78, 5) is 32.9. The van der Waals surface area contributed by atoms with Crippen LogP contribution < -0.4 is 10.2 Å². The quantitative estimate of drug-likeness (QED) is 0.697. The van der Waals surface area contributed by atoms with Crippen LogP contribution in [0.3, 0.4) is 0 Å². The van der Waals surface area contributed by atoms with Crippen LogP contribution >= 0.6 is 0 Å². The van der Waals surface area contributed by atoms with Crippen molar-refractivity contribution in [1.82, 2.24) is 9.88 Å². The maximum atomic E-state index is 13.1. The average molecular weight is 378 g/mol. The molecule has 142 valence electrons. The van der Waals surface area contributed by atoms with E-state index in [0.29, 0.717) is 37.4 Å². The van der Waals surface area contributed by atoms with Gasteiger partial charge < -0.3 is 15.1 Å². The van der Waals surface area contributed by atoms with E-state index in [-0.39, 0.29) is 5.82 Å². The van der Waals surface area contributed by atoms with Crippen LogP contribution in [-0.4, -0.2) is 47.9 Å². The molecule has 0 atom stereocenters. The summed E-state index contributed by atoms with van der Waals surface area (Å²) in [5.74, 6) is -1.52. The number of amides is 2. The molecule has 7 heteroatoms. The third-order valence-electron chi connectivity index (χ3n) is 4.83. The van der Waals surface area contributed by atoms with Crippen LogP contribution in [0.1, 0.15) is 0 Å². The van der Waals surface area contributed by atoms with Gasteiger partial charge in [0, 0.05) is 43.4 Å². The van der Waals surface area contributed by atoms with Crippen molar-refractivity contribution in [3.05, 3.63) is 66.6 Å². The van der Waals surface area contributed by atoms with Crippen LogP contribution in [0.4, 0.5) is 15.8 Å². The van der Waals surface area contributed by atoms with Crippen LogP contribution in [0.25, 0.3) is 10.9 Å². The molecule has 2 amide bonds. The summed E-state index contributed by atoms with van der Waals surface area (Å²) in [7, 11) is 0. The molecule has 1 aliphatic rings. The lowest BCUT2D eigenvalue weighted by molar-refractivity contribution is -0.143. The van der Waals surface area contributed by atoms with Gasteiger partial charge in [-0.25, -0.2) is 4.39 Å². The van der Waals surface area contributed by atoms with Gasteiger partial charge in [0.15, 0.2) is 0 Å². The maximum absolute atomic E-state index is 13.1. The van der Waals surface area contributed by atoms with Gasteiger partial charge in [0.1, 0.15) is 5.82 Å². The van der Waals surface area contributed by atoms with Crippen molar-refractivity contribution < 1.29 is 14.0 Å². The third kappa shape index (κ3) is 3.64. The summed E-state index contributed by atoms with van der Waals surface area (Å²) in [5, 5.41) is 3.57. The number of piperazine rings is 1. The number of hydrogen-bond acceptors (Lipinski definition) is 4. The second-order valence-corrected chi connectivity index (χ2v) is 6.59. The fourth-order valence-corrected chi connectivity index (χ4v) is 3.34. The number of fused-ring (bicyclic) bond motifs is 1. The van der Waals surface area contributed by atoms with Gasteiger partial charge in [0.25, 0.3) is 0 Å². The maximum Gasteiger partial charge on any atom is 0.313 e. The Morgan fingerprint density at radius 1 is 0.929 bits per heavy atom. The fourth-order valence-electron chi connectivity index (χ4n) is 3.34. The standard InChI is InChI=1S/C21H19FN4O2/c22-16-6-8-17(9-7-16)25-11-13-26(14-12-25)21(28)20(27)24-18-5-1-3-15-4-2-10-23-19(15)18/h1-10H,11-14H2,(H,24,27). The Bertz CT molecular complexity index is 1010. The summed E-state index contributed by atoms with van der Waals surface area (Å²) >= 11 is 0. The predicted molar refractivity (Wildman–Crippen MR) is 106 cm³/mol. The Balaban J connectivity index is 1.39. The SMILES string of the molecule is O=C(Nc1cccc2cccnc12)C(=O)N1CCN(c2ccc(F)cc2)CC1. The zero-order valence-electron chi connectivity index (χ0n) is 15.1. The number of carbonyl (C=O) groups excluding carboxylic acids is 2. The number of para-hydroxylation sites is 1. The first kappa shape index (κ1) is 17.9. The molecule has 6 nitrogen and oxygen atoms in total. The van der Waals surface area contributed by atoms with Gasteiger partial charge >= 0.3 is 11.8 Å². The number of aromatic nitrogens is 1. The Hall–Kier alpha value is -3.48. The van der Waals surface area contributed by atoms with E-state index in [1.165, 1.54) is 17.0 Å². The first-order valence-corrected chi connectivity index (χ1v) is 9.06. The zero-order chi connectivity index (χ0) is 19.5. The number of rotatable bonds is 2. The Kier molecular flexibility index (Phi) is 4.89. The van der Waals surface area contributed by atoms with Crippen LogP contribution in [-0.2, 0) is 9.59 Å². The van der Waals surface area contributed by atoms with Crippen molar-refractivity contribution in [3.8, 4) is 0 Å². The average Bonchev–Trinajstić information content (AvgIpc) is 2.74. The lowest BCUT2D eigenvalue weighted by atomic mass is 10.2. The summed E-state index contributed by atoms with van der Waals surface area (Å²) in [6.07, 6.45) is 1.65. The summed E-state index contributed by atoms with van der Waals surface area (Å²) in [5.41, 5.74) is 2.06. The molecule has 1 saturated heterocycles. The van der Waals surface area contributed by atoms with Crippen molar-refractivity contribution in [2.45, 2.75) is 0 Å². The number of benzene rings is 2. The molecule has 2 heterocycles. The lowest BCUT2D eigenvalue weighted by Gasteiger charge is -2.35. The van der Waals surface area contributed by atoms with Crippen LogP contribution in [0.2, 0.25) is 0 Å². The molecule has 0 unspecified atom stereocenters. The van der Waals surface area contributed by atoms with E-state index < -0.39 is 11.8 Å². The molecule has 0 saturated carbocycles. The lowest BCUT2D eigenvalue weighted by Crippen LogP contribution is -2.51. The van der Waals surface area contributed by atoms with Crippen molar-refractivity contribution in [2.24, 2.45) is 0 Å². The molecule has 28 heavy (non-hydrogen) atoms. The molecule has 2 aromatic carbocycles. The summed E-state index contributed by atoms with van der Waals surface area (Å²) in [6.45, 7) is 2.02. The molecule has 0 bridgehead atoms. The van der Waals surface area contributed by atoms with Gasteiger partial charge in [-0.2, -0.15) is 0 Å². The van der Waals surface area contributed by atoms with E-state index in [1.807, 2.05) is 24.3 Å². The van der Waals surface area contributed by atoms with Crippen molar-refractivity contribution in [1.29, 1.82) is 0 Å². The number of halogens is 1. The number of anilines is 2. The molecule has 1 N–H and O–H groups in total. The molecule has 4 rings (SSSR count). The molecule has 0 radical (unpaired) electrons. The highest BCUT2D eigenvalue weighted by Crippen LogP contribution is 2.21. The van der Waals surface area contributed by atoms with E-state index in [0.717, 1.165) is 11.1 Å². The van der Waals surface area contributed by atoms with E-state index in [2.05, 4.69) is 15.2 Å². The van der Waals surface area contributed by atoms with Gasteiger partial charge in [0.2, 0.25) is 0 Å². The molecular formula is C21H19FN4O2. The predicted octanol–water partition coefficient (Wildman–Crippen LogP) is 2.66. The molecule has 3 aromatic rings. The smallest absolute Gasteiger partial charge is 0.313 e. The van der Waals surface area contributed by atoms with Crippen LogP contribution in [0, 0.1) is 5.82 Å². The van der Waals surface area contributed by atoms with Gasteiger partial charge in [-0.1, -0.05) is 18.2 Å². The van der Waals surface area contributed by atoms with Gasteiger partial charge in [0.05, 0.1) is 11.2 Å². The Morgan fingerprint density at radius 3 is 2.39 bits per heavy atom. The Morgan fingerprint density at radius 2 is 1.64 bits per heavy atom. The number of nitrogens with one attached hydrogen (secondary N) is 1. The molecule has 1 aromatic heterocycles. The fraction of sp³-hybridized carbons (Fsp3) is 0.190. The van der Waals surface area contributed by atoms with Gasteiger partial charge in [-0.05, 0) is 36.4 Å². The van der Waals surface area contributed by atoms with Crippen LogP contribution in [0.15, 0.2) is 60.8 Å². The highest BCUT2D eigenvalue weighted by Gasteiger charge is 2.26. The molecule has 1 aliphatic heterocycles. The monoisotopic (exact) mass is 378 g/mol. The topological polar surface area (TPSA) is 65.5 Å². The second kappa shape index (κ2) is 7.64. The normalized spacial score (nSPS) is 14.2. The first-order chi connectivity index (χ1) is 13.6. The highest BCUT2D eigenvalue weighted by molar-refractivity contribution is 6.40. The third-order valence-corrected chi connectivity index (χ3v) is 4.83. The largest absolute Gasteiger partial charge is 0.368 e. The zero-order valence-corrected chi connectivity index (χ0v) is 15.1. The van der Waals surface area contributed by atoms with Crippen molar-refractivity contribution >= 4 is 34.1 Å². The molecular weight excluding hydrogens is 359 g/mol. The van der Waals surface area contributed by atoms with E-state index >= 15 is 0 Å². The van der Waals surface area contributed by atoms with Crippen molar-refractivity contribution in [2.75, 3.05) is 36.4 Å². The molecule has 0 spiro atoms. The minimum atomic E-state index is -0.673. The summed E-state index contributed by atoms with van der Waals surface area (Å²) in [6, 6.07) is 15.4. The van der Waals surface area contributed by atoms with Gasteiger partial charge in [-0.3, -0.25) is 14.6 Å². The van der Waals surface area contributed by atoms with E-state index in [1.54, 1.807) is 24.4 Å². The van der Waals surface area contributed by atoms with E-state index in [9.17, 15) is 14.0 Å². The minimum absolute atomic E-state index is 0.280. The number of nitrogens with zero attached hydrogens (tertiary/aromatic N) is 3. The number of pyridine rings is 1. The minimum Gasteiger partial charge on any atom is -0.368 e. The van der Waals surface area contributed by atoms with Crippen LogP contribution in [0.5, 0.6) is 0 Å². The number of carbonyl (C=O) groups is 2. The first-order valence-electron chi connectivity index (χ1n) is 9.06. The molecule has 1 fully saturated rings.